The van der Waals surface area contributed by atoms with Gasteiger partial charge in [0.25, 0.3) is 0 Å². The fraction of sp³-hybridized carbons (Fsp3) is 0.519. The van der Waals surface area contributed by atoms with E-state index in [2.05, 4.69) is 43.7 Å². The number of hydrogen-bond acceptors (Lipinski definition) is 8. The lowest BCUT2D eigenvalue weighted by Crippen LogP contribution is -2.41. The minimum atomic E-state index is -0.448. The molecule has 38 heavy (non-hydrogen) atoms. The van der Waals surface area contributed by atoms with Gasteiger partial charge >= 0.3 is 6.03 Å². The van der Waals surface area contributed by atoms with Gasteiger partial charge in [-0.2, -0.15) is 5.26 Å². The average Bonchev–Trinajstić information content (AvgIpc) is 3.86. The molecule has 11 heteroatoms. The normalized spacial score (nSPS) is 21.2. The highest BCUT2D eigenvalue weighted by Crippen LogP contribution is 2.55. The van der Waals surface area contributed by atoms with E-state index in [0.29, 0.717) is 18.6 Å². The molecule has 3 aromatic heterocycles. The predicted octanol–water partition coefficient (Wildman–Crippen LogP) is 4.72. The fourth-order valence-corrected chi connectivity index (χ4v) is 7.50. The highest BCUT2D eigenvalue weighted by molar-refractivity contribution is 7.97. The number of fused-ring (bicyclic) bond motifs is 1. The Morgan fingerprint density at radius 3 is 2.71 bits per heavy atom. The quantitative estimate of drug-likeness (QED) is 0.428. The first kappa shape index (κ1) is 24.1. The second-order valence-electron chi connectivity index (χ2n) is 11.3. The second-order valence-corrected chi connectivity index (χ2v) is 13.1. The molecule has 0 bridgehead atoms. The summed E-state index contributed by atoms with van der Waals surface area (Å²) in [5.74, 6) is 0.818. The van der Waals surface area contributed by atoms with Crippen molar-refractivity contribution in [2.75, 3.05) is 27.2 Å². The number of amides is 2. The van der Waals surface area contributed by atoms with Gasteiger partial charge in [-0.15, -0.1) is 10.2 Å². The van der Waals surface area contributed by atoms with Crippen LogP contribution in [0.1, 0.15) is 55.5 Å². The number of nitrogens with zero attached hydrogens (tertiary/aromatic N) is 7. The van der Waals surface area contributed by atoms with Crippen molar-refractivity contribution in [3.63, 3.8) is 0 Å². The van der Waals surface area contributed by atoms with Crippen molar-refractivity contribution in [3.8, 4) is 16.8 Å². The zero-order chi connectivity index (χ0) is 26.1. The molecule has 0 aromatic carbocycles. The number of carbonyl (C=O) groups is 1. The van der Waals surface area contributed by atoms with Crippen LogP contribution in [0.25, 0.3) is 21.9 Å². The van der Waals surface area contributed by atoms with Crippen molar-refractivity contribution in [2.45, 2.75) is 60.8 Å². The molecular weight excluding hydrogens is 516 g/mol. The van der Waals surface area contributed by atoms with Gasteiger partial charge in [-0.05, 0) is 74.5 Å². The summed E-state index contributed by atoms with van der Waals surface area (Å²) in [5.41, 5.74) is 3.93. The van der Waals surface area contributed by atoms with E-state index >= 15 is 0 Å². The standard InChI is InChI=1S/C27H30N8OS2/c1-33(2)25(36)34-11-5-17(6-12-34)20-13-19(38-32-27(9-10-27)18-3-4-18)15-35-21(14-29-22(20)35)23-30-31-24(37-23)26(16-28)7-8-26/h5,13-15,18,32H,3-4,6-12H2,1-2H3. The van der Waals surface area contributed by atoms with Crippen molar-refractivity contribution in [3.05, 3.63) is 35.1 Å². The first-order valence-electron chi connectivity index (χ1n) is 13.3. The van der Waals surface area contributed by atoms with Crippen LogP contribution < -0.4 is 4.72 Å². The van der Waals surface area contributed by atoms with E-state index in [4.69, 9.17) is 4.98 Å². The van der Waals surface area contributed by atoms with Crippen molar-refractivity contribution in [1.29, 1.82) is 5.26 Å². The third-order valence-electron chi connectivity index (χ3n) is 8.33. The Hall–Kier alpha value is -2.94. The van der Waals surface area contributed by atoms with Crippen molar-refractivity contribution in [1.82, 2.24) is 34.1 Å². The van der Waals surface area contributed by atoms with Gasteiger partial charge in [-0.1, -0.05) is 17.4 Å². The predicted molar refractivity (Wildman–Crippen MR) is 148 cm³/mol. The maximum atomic E-state index is 12.5. The molecule has 0 atom stereocenters. The van der Waals surface area contributed by atoms with Crippen LogP contribution >= 0.6 is 23.3 Å². The lowest BCUT2D eigenvalue weighted by molar-refractivity contribution is 0.176. The summed E-state index contributed by atoms with van der Waals surface area (Å²) in [6.07, 6.45) is 13.8. The summed E-state index contributed by atoms with van der Waals surface area (Å²) < 4.78 is 5.94. The van der Waals surface area contributed by atoms with Crippen LogP contribution in [0.5, 0.6) is 0 Å². The lowest BCUT2D eigenvalue weighted by atomic mass is 10.0. The Kier molecular flexibility index (Phi) is 5.58. The molecule has 3 fully saturated rings. The van der Waals surface area contributed by atoms with Gasteiger partial charge in [0.2, 0.25) is 0 Å². The first-order valence-corrected chi connectivity index (χ1v) is 14.9. The molecular formula is C27H30N8OS2. The van der Waals surface area contributed by atoms with Gasteiger partial charge in [0.05, 0.1) is 12.3 Å². The van der Waals surface area contributed by atoms with E-state index < -0.39 is 5.41 Å². The van der Waals surface area contributed by atoms with Gasteiger partial charge in [-0.25, -0.2) is 9.78 Å². The van der Waals surface area contributed by atoms with Crippen LogP contribution in [0.4, 0.5) is 4.79 Å². The fourth-order valence-electron chi connectivity index (χ4n) is 5.43. The lowest BCUT2D eigenvalue weighted by Gasteiger charge is -2.29. The summed E-state index contributed by atoms with van der Waals surface area (Å²) in [5, 5.41) is 20.1. The molecule has 0 saturated heterocycles. The Labute approximate surface area is 230 Å². The number of hydrogen-bond donors (Lipinski definition) is 1. The first-order chi connectivity index (χ1) is 18.4. The van der Waals surface area contributed by atoms with Crippen molar-refractivity contribution in [2.24, 2.45) is 5.92 Å². The largest absolute Gasteiger partial charge is 0.331 e. The number of rotatable bonds is 7. The van der Waals surface area contributed by atoms with Gasteiger partial charge < -0.3 is 9.80 Å². The van der Waals surface area contributed by atoms with E-state index in [-0.39, 0.29) is 6.03 Å². The van der Waals surface area contributed by atoms with Gasteiger partial charge in [0.15, 0.2) is 5.01 Å². The van der Waals surface area contributed by atoms with E-state index in [9.17, 15) is 10.1 Å². The highest BCUT2D eigenvalue weighted by atomic mass is 32.2. The molecule has 196 valence electrons. The molecule has 3 aromatic rings. The van der Waals surface area contributed by atoms with E-state index in [0.717, 1.165) is 57.0 Å². The van der Waals surface area contributed by atoms with Crippen LogP contribution in [0, 0.1) is 17.2 Å². The molecule has 3 aliphatic carbocycles. The number of imidazole rings is 1. The molecule has 2 amide bonds. The van der Waals surface area contributed by atoms with E-state index in [1.807, 2.05) is 11.1 Å². The molecule has 7 rings (SSSR count). The molecule has 4 aliphatic rings. The smallest absolute Gasteiger partial charge is 0.319 e. The number of urea groups is 1. The maximum Gasteiger partial charge on any atom is 0.319 e. The minimum Gasteiger partial charge on any atom is -0.331 e. The zero-order valence-electron chi connectivity index (χ0n) is 21.6. The number of pyridine rings is 1. The molecule has 0 spiro atoms. The Bertz CT molecular complexity index is 1500. The summed E-state index contributed by atoms with van der Waals surface area (Å²) in [7, 11) is 3.58. The van der Waals surface area contributed by atoms with E-state index in [1.165, 1.54) is 42.6 Å². The second kappa shape index (κ2) is 8.79. The van der Waals surface area contributed by atoms with Crippen LogP contribution in [0.2, 0.25) is 0 Å². The van der Waals surface area contributed by atoms with E-state index in [1.54, 1.807) is 30.9 Å². The minimum absolute atomic E-state index is 0.0368. The third-order valence-corrected chi connectivity index (χ3v) is 10.4. The average molecular weight is 547 g/mol. The maximum absolute atomic E-state index is 12.5. The van der Waals surface area contributed by atoms with Gasteiger partial charge in [0, 0.05) is 49.4 Å². The van der Waals surface area contributed by atoms with Gasteiger partial charge in [-0.3, -0.25) is 9.12 Å². The number of carbonyl (C=O) groups excluding carboxylic acids is 1. The molecule has 9 nitrogen and oxygen atoms in total. The Morgan fingerprint density at radius 1 is 1.26 bits per heavy atom. The number of nitrogens with one attached hydrogen (secondary N) is 1. The van der Waals surface area contributed by atoms with Crippen LogP contribution in [-0.4, -0.2) is 68.1 Å². The van der Waals surface area contributed by atoms with Crippen molar-refractivity contribution >= 4 is 40.5 Å². The Balaban J connectivity index is 1.25. The third kappa shape index (κ3) is 4.10. The molecule has 3 saturated carbocycles. The number of aromatic nitrogens is 4. The Morgan fingerprint density at radius 2 is 2.08 bits per heavy atom. The topological polar surface area (TPSA) is 102 Å². The summed E-state index contributed by atoms with van der Waals surface area (Å²) in [6.45, 7) is 1.27. The van der Waals surface area contributed by atoms with Crippen LogP contribution in [0.3, 0.4) is 0 Å². The highest BCUT2D eigenvalue weighted by Gasteiger charge is 2.54. The van der Waals surface area contributed by atoms with Crippen LogP contribution in [0.15, 0.2) is 29.4 Å². The zero-order valence-corrected chi connectivity index (χ0v) is 23.2. The summed E-state index contributed by atoms with van der Waals surface area (Å²) in [6, 6.07) is 4.71. The number of nitriles is 1. The van der Waals surface area contributed by atoms with Crippen LogP contribution in [-0.2, 0) is 5.41 Å². The SMILES string of the molecule is CN(C)C(=O)N1CC=C(c2cc(SNC3(C4CC4)CC3)cn3c(-c4nnc(C5(C#N)CC5)s4)cnc23)CC1. The molecule has 0 unspecified atom stereocenters. The molecule has 1 aliphatic heterocycles. The monoisotopic (exact) mass is 546 g/mol. The summed E-state index contributed by atoms with van der Waals surface area (Å²) in [4.78, 5) is 21.9. The molecule has 1 N–H and O–H groups in total. The van der Waals surface area contributed by atoms with Gasteiger partial charge in [0.1, 0.15) is 21.8 Å². The van der Waals surface area contributed by atoms with Crippen molar-refractivity contribution < 1.29 is 4.79 Å². The summed E-state index contributed by atoms with van der Waals surface area (Å²) >= 11 is 3.22. The molecule has 0 radical (unpaired) electrons. The molecule has 4 heterocycles.